The van der Waals surface area contributed by atoms with Crippen LogP contribution in [-0.2, 0) is 11.2 Å². The van der Waals surface area contributed by atoms with Crippen molar-refractivity contribution in [2.45, 2.75) is 26.2 Å². The topological polar surface area (TPSA) is 73.3 Å². The number of anilines is 1. The number of methoxy groups -OCH3 is 2. The highest BCUT2D eigenvalue weighted by Gasteiger charge is 2.13. The fraction of sp³-hybridized carbons (Fsp3) is 0.400. The molecule has 1 aromatic carbocycles. The first-order valence-electron chi connectivity index (χ1n) is 6.87. The summed E-state index contributed by atoms with van der Waals surface area (Å²) < 4.78 is 10.4. The second kappa shape index (κ2) is 7.22. The van der Waals surface area contributed by atoms with Crippen LogP contribution in [0.4, 0.5) is 5.13 Å². The Bertz CT molecular complexity index is 655. The van der Waals surface area contributed by atoms with E-state index in [-0.39, 0.29) is 12.3 Å². The van der Waals surface area contributed by atoms with Gasteiger partial charge in [-0.3, -0.25) is 4.79 Å². The van der Waals surface area contributed by atoms with Crippen molar-refractivity contribution in [2.75, 3.05) is 19.5 Å². The Balaban J connectivity index is 2.05. The average Bonchev–Trinajstić information content (AvgIpc) is 2.96. The molecule has 0 radical (unpaired) electrons. The molecule has 1 aromatic heterocycles. The average molecular weight is 321 g/mol. The van der Waals surface area contributed by atoms with Gasteiger partial charge in [-0.15, -0.1) is 10.2 Å². The Morgan fingerprint density at radius 2 is 2.05 bits per heavy atom. The zero-order chi connectivity index (χ0) is 16.1. The zero-order valence-corrected chi connectivity index (χ0v) is 13.9. The number of carbonyl (C=O) groups is 1. The molecule has 0 atom stereocenters. The molecule has 0 bridgehead atoms. The zero-order valence-electron chi connectivity index (χ0n) is 13.0. The molecule has 1 N–H and O–H groups in total. The highest BCUT2D eigenvalue weighted by atomic mass is 32.1. The van der Waals surface area contributed by atoms with Crippen molar-refractivity contribution < 1.29 is 14.3 Å². The normalized spacial score (nSPS) is 10.6. The van der Waals surface area contributed by atoms with Gasteiger partial charge in [0.1, 0.15) is 16.5 Å². The highest BCUT2D eigenvalue weighted by Crippen LogP contribution is 2.26. The van der Waals surface area contributed by atoms with Crippen LogP contribution in [0, 0.1) is 0 Å². The molecule has 0 spiro atoms. The molecule has 118 valence electrons. The van der Waals surface area contributed by atoms with E-state index in [2.05, 4.69) is 15.5 Å². The van der Waals surface area contributed by atoms with Gasteiger partial charge in [0.2, 0.25) is 11.0 Å². The number of benzene rings is 1. The molecule has 0 unspecified atom stereocenters. The molecule has 2 rings (SSSR count). The molecule has 1 amide bonds. The SMILES string of the molecule is COc1ccc(CC(=O)Nc2nnc(C(C)C)s2)c(OC)c1. The van der Waals surface area contributed by atoms with Gasteiger partial charge in [-0.25, -0.2) is 0 Å². The van der Waals surface area contributed by atoms with Gasteiger partial charge in [-0.1, -0.05) is 31.3 Å². The molecule has 0 saturated heterocycles. The summed E-state index contributed by atoms with van der Waals surface area (Å²) in [5, 5.41) is 12.2. The van der Waals surface area contributed by atoms with E-state index in [0.29, 0.717) is 22.5 Å². The number of carbonyl (C=O) groups excluding carboxylic acids is 1. The smallest absolute Gasteiger partial charge is 0.230 e. The van der Waals surface area contributed by atoms with E-state index in [9.17, 15) is 4.79 Å². The summed E-state index contributed by atoms with van der Waals surface area (Å²) in [4.78, 5) is 12.1. The molecule has 0 fully saturated rings. The van der Waals surface area contributed by atoms with Gasteiger partial charge in [-0.05, 0) is 6.07 Å². The monoisotopic (exact) mass is 321 g/mol. The fourth-order valence-electron chi connectivity index (χ4n) is 1.85. The van der Waals surface area contributed by atoms with Gasteiger partial charge in [0.25, 0.3) is 0 Å². The van der Waals surface area contributed by atoms with Crippen molar-refractivity contribution in [3.05, 3.63) is 28.8 Å². The van der Waals surface area contributed by atoms with E-state index in [0.717, 1.165) is 10.6 Å². The minimum Gasteiger partial charge on any atom is -0.497 e. The summed E-state index contributed by atoms with van der Waals surface area (Å²) in [6, 6.07) is 5.37. The third kappa shape index (κ3) is 3.94. The lowest BCUT2D eigenvalue weighted by atomic mass is 10.1. The van der Waals surface area contributed by atoms with Crippen molar-refractivity contribution in [3.8, 4) is 11.5 Å². The Morgan fingerprint density at radius 1 is 1.27 bits per heavy atom. The molecular formula is C15H19N3O3S. The van der Waals surface area contributed by atoms with Crippen molar-refractivity contribution >= 4 is 22.4 Å². The summed E-state index contributed by atoms with van der Waals surface area (Å²) in [5.74, 6) is 1.45. The third-order valence-corrected chi connectivity index (χ3v) is 4.17. The maximum atomic E-state index is 12.1. The molecular weight excluding hydrogens is 302 g/mol. The minimum absolute atomic E-state index is 0.157. The molecule has 22 heavy (non-hydrogen) atoms. The fourth-order valence-corrected chi connectivity index (χ4v) is 2.61. The Hall–Kier alpha value is -2.15. The predicted octanol–water partition coefficient (Wildman–Crippen LogP) is 2.86. The number of rotatable bonds is 6. The number of hydrogen-bond acceptors (Lipinski definition) is 6. The van der Waals surface area contributed by atoms with E-state index in [4.69, 9.17) is 9.47 Å². The second-order valence-corrected chi connectivity index (χ2v) is 6.01. The summed E-state index contributed by atoms with van der Waals surface area (Å²) in [6.07, 6.45) is 0.198. The predicted molar refractivity (Wildman–Crippen MR) is 85.9 cm³/mol. The quantitative estimate of drug-likeness (QED) is 0.885. The first-order chi connectivity index (χ1) is 10.5. The van der Waals surface area contributed by atoms with Gasteiger partial charge in [0.15, 0.2) is 0 Å². The van der Waals surface area contributed by atoms with Crippen molar-refractivity contribution in [2.24, 2.45) is 0 Å². The highest BCUT2D eigenvalue weighted by molar-refractivity contribution is 7.15. The van der Waals surface area contributed by atoms with Crippen LogP contribution in [0.2, 0.25) is 0 Å². The summed E-state index contributed by atoms with van der Waals surface area (Å²) in [7, 11) is 3.15. The van der Waals surface area contributed by atoms with Crippen LogP contribution in [0.15, 0.2) is 18.2 Å². The van der Waals surface area contributed by atoms with Crippen LogP contribution in [0.3, 0.4) is 0 Å². The molecule has 0 aliphatic heterocycles. The number of hydrogen-bond donors (Lipinski definition) is 1. The number of nitrogens with one attached hydrogen (secondary N) is 1. The lowest BCUT2D eigenvalue weighted by Crippen LogP contribution is -2.14. The first-order valence-corrected chi connectivity index (χ1v) is 7.69. The molecule has 0 aliphatic carbocycles. The summed E-state index contributed by atoms with van der Waals surface area (Å²) in [5.41, 5.74) is 0.786. The van der Waals surface area contributed by atoms with E-state index in [1.807, 2.05) is 19.9 Å². The lowest BCUT2D eigenvalue weighted by Gasteiger charge is -2.09. The number of amides is 1. The maximum Gasteiger partial charge on any atom is 0.230 e. The molecule has 2 aromatic rings. The van der Waals surface area contributed by atoms with Gasteiger partial charge >= 0.3 is 0 Å². The van der Waals surface area contributed by atoms with E-state index < -0.39 is 0 Å². The third-order valence-electron chi connectivity index (χ3n) is 3.03. The maximum absolute atomic E-state index is 12.1. The van der Waals surface area contributed by atoms with Crippen LogP contribution in [0.5, 0.6) is 11.5 Å². The van der Waals surface area contributed by atoms with Gasteiger partial charge in [0.05, 0.1) is 20.6 Å². The molecule has 0 saturated carbocycles. The van der Waals surface area contributed by atoms with Gasteiger partial charge < -0.3 is 14.8 Å². The lowest BCUT2D eigenvalue weighted by molar-refractivity contribution is -0.115. The molecule has 1 heterocycles. The number of nitrogens with zero attached hydrogens (tertiary/aromatic N) is 2. The van der Waals surface area contributed by atoms with Crippen LogP contribution >= 0.6 is 11.3 Å². The standard InChI is InChI=1S/C15H19N3O3S/c1-9(2)14-17-18-15(22-14)16-13(19)7-10-5-6-11(20-3)8-12(10)21-4/h5-6,8-9H,7H2,1-4H3,(H,16,18,19). The molecule has 0 aliphatic rings. The largest absolute Gasteiger partial charge is 0.497 e. The van der Waals surface area contributed by atoms with Crippen molar-refractivity contribution in [3.63, 3.8) is 0 Å². The number of ether oxygens (including phenoxy) is 2. The van der Waals surface area contributed by atoms with Crippen LogP contribution in [0.25, 0.3) is 0 Å². The van der Waals surface area contributed by atoms with Crippen LogP contribution in [-0.4, -0.2) is 30.3 Å². The van der Waals surface area contributed by atoms with Crippen LogP contribution < -0.4 is 14.8 Å². The van der Waals surface area contributed by atoms with Crippen molar-refractivity contribution in [1.82, 2.24) is 10.2 Å². The first kappa shape index (κ1) is 16.2. The van der Waals surface area contributed by atoms with E-state index >= 15 is 0 Å². The van der Waals surface area contributed by atoms with Crippen molar-refractivity contribution in [1.29, 1.82) is 0 Å². The van der Waals surface area contributed by atoms with Gasteiger partial charge in [0, 0.05) is 17.5 Å². The molecule has 6 nitrogen and oxygen atoms in total. The Morgan fingerprint density at radius 3 is 2.64 bits per heavy atom. The summed E-state index contributed by atoms with van der Waals surface area (Å²) in [6.45, 7) is 4.07. The second-order valence-electron chi connectivity index (χ2n) is 5.00. The number of aromatic nitrogens is 2. The Kier molecular flexibility index (Phi) is 5.32. The van der Waals surface area contributed by atoms with Gasteiger partial charge in [-0.2, -0.15) is 0 Å². The Labute approximate surface area is 133 Å². The van der Waals surface area contributed by atoms with E-state index in [1.165, 1.54) is 11.3 Å². The van der Waals surface area contributed by atoms with Crippen LogP contribution in [0.1, 0.15) is 30.3 Å². The van der Waals surface area contributed by atoms with E-state index in [1.54, 1.807) is 26.4 Å². The molecule has 7 heteroatoms. The minimum atomic E-state index is -0.157. The summed E-state index contributed by atoms with van der Waals surface area (Å²) >= 11 is 1.39.